The molecule has 1 fully saturated rings. The van der Waals surface area contributed by atoms with Crippen LogP contribution in [0.25, 0.3) is 0 Å². The molecule has 3 N–H and O–H groups in total. The molecule has 0 radical (unpaired) electrons. The summed E-state index contributed by atoms with van der Waals surface area (Å²) < 4.78 is 0. The molecule has 5 heteroatoms. The molecule has 100 valence electrons. The molecule has 1 aliphatic carbocycles. The predicted octanol–water partition coefficient (Wildman–Crippen LogP) is 0.0185. The first kappa shape index (κ1) is 13.1. The molecule has 0 aromatic carbocycles. The van der Waals surface area contributed by atoms with Crippen LogP contribution in [0.4, 0.5) is 0 Å². The molecule has 18 heavy (non-hydrogen) atoms. The van der Waals surface area contributed by atoms with Gasteiger partial charge in [0.05, 0.1) is 12.5 Å². The van der Waals surface area contributed by atoms with Crippen LogP contribution in [-0.2, 0) is 9.59 Å². The number of nitrogens with one attached hydrogen (secondary N) is 1. The summed E-state index contributed by atoms with van der Waals surface area (Å²) in [5, 5.41) is 2.71. The first-order chi connectivity index (χ1) is 8.66. The fourth-order valence-electron chi connectivity index (χ4n) is 2.47. The first-order valence-electron chi connectivity index (χ1n) is 6.66. The van der Waals surface area contributed by atoms with Crippen LogP contribution >= 0.6 is 0 Å². The summed E-state index contributed by atoms with van der Waals surface area (Å²) in [6.07, 6.45) is 7.65. The Morgan fingerprint density at radius 1 is 1.22 bits per heavy atom. The normalized spacial score (nSPS) is 27.3. The monoisotopic (exact) mass is 251 g/mol. The molecule has 1 aliphatic heterocycles. The summed E-state index contributed by atoms with van der Waals surface area (Å²) in [5.41, 5.74) is 5.69. The Hall–Kier alpha value is -1.36. The minimum atomic E-state index is -0.172. The van der Waals surface area contributed by atoms with E-state index in [1.807, 2.05) is 17.1 Å². The molecule has 2 amide bonds. The Balaban J connectivity index is 1.72. The van der Waals surface area contributed by atoms with E-state index in [4.69, 9.17) is 5.73 Å². The number of hydrogen-bond donors (Lipinski definition) is 2. The fourth-order valence-corrected chi connectivity index (χ4v) is 2.47. The van der Waals surface area contributed by atoms with Crippen molar-refractivity contribution in [2.45, 2.75) is 31.7 Å². The van der Waals surface area contributed by atoms with E-state index in [9.17, 15) is 9.59 Å². The third-order valence-corrected chi connectivity index (χ3v) is 3.58. The van der Waals surface area contributed by atoms with Crippen LogP contribution in [0.1, 0.15) is 25.7 Å². The molecule has 1 saturated heterocycles. The summed E-state index contributed by atoms with van der Waals surface area (Å²) in [7, 11) is 0. The van der Waals surface area contributed by atoms with E-state index in [1.165, 1.54) is 6.42 Å². The molecule has 0 aromatic rings. The third kappa shape index (κ3) is 3.32. The van der Waals surface area contributed by atoms with Gasteiger partial charge in [-0.2, -0.15) is 0 Å². The number of amides is 2. The van der Waals surface area contributed by atoms with E-state index in [2.05, 4.69) is 5.32 Å². The summed E-state index contributed by atoms with van der Waals surface area (Å²) in [4.78, 5) is 25.5. The number of rotatable bonds is 3. The average molecular weight is 251 g/mol. The van der Waals surface area contributed by atoms with Gasteiger partial charge in [-0.3, -0.25) is 9.59 Å². The van der Waals surface area contributed by atoms with Gasteiger partial charge in [-0.25, -0.2) is 0 Å². The van der Waals surface area contributed by atoms with E-state index >= 15 is 0 Å². The highest BCUT2D eigenvalue weighted by molar-refractivity contribution is 5.87. The lowest BCUT2D eigenvalue weighted by Gasteiger charge is -2.26. The number of nitrogens with zero attached hydrogens (tertiary/aromatic N) is 1. The van der Waals surface area contributed by atoms with Crippen molar-refractivity contribution in [3.05, 3.63) is 12.2 Å². The molecule has 2 unspecified atom stereocenters. The van der Waals surface area contributed by atoms with Crippen molar-refractivity contribution in [3.8, 4) is 0 Å². The van der Waals surface area contributed by atoms with Gasteiger partial charge >= 0.3 is 0 Å². The van der Waals surface area contributed by atoms with Crippen LogP contribution < -0.4 is 11.1 Å². The van der Waals surface area contributed by atoms with Crippen molar-refractivity contribution in [2.24, 2.45) is 11.7 Å². The van der Waals surface area contributed by atoms with Crippen LogP contribution in [0.15, 0.2) is 12.2 Å². The molecule has 2 rings (SSSR count). The second-order valence-electron chi connectivity index (χ2n) is 5.05. The molecule has 2 atom stereocenters. The van der Waals surface area contributed by atoms with Crippen LogP contribution in [0.3, 0.4) is 0 Å². The molecule has 0 saturated carbocycles. The summed E-state index contributed by atoms with van der Waals surface area (Å²) in [6, 6.07) is -0.0291. The van der Waals surface area contributed by atoms with Crippen molar-refractivity contribution in [1.82, 2.24) is 10.2 Å². The molecular formula is C13H21N3O2. The molecule has 5 nitrogen and oxygen atoms in total. The molecule has 0 aromatic heterocycles. The standard InChI is InChI=1S/C13H21N3O2/c14-11-5-4-10(8-11)13(18)15-9-12(17)16-6-2-1-3-7-16/h4-5,10-11H,1-3,6-9,14H2,(H,15,18). The fraction of sp³-hybridized carbons (Fsp3) is 0.692. The maximum Gasteiger partial charge on any atom is 0.241 e. The number of likely N-dealkylation sites (tertiary alicyclic amines) is 1. The molecule has 0 bridgehead atoms. The minimum absolute atomic E-state index is 0.0225. The highest BCUT2D eigenvalue weighted by atomic mass is 16.2. The largest absolute Gasteiger partial charge is 0.347 e. The summed E-state index contributed by atoms with van der Waals surface area (Å²) in [6.45, 7) is 1.75. The Bertz CT molecular complexity index is 348. The lowest BCUT2D eigenvalue weighted by Crippen LogP contribution is -2.43. The highest BCUT2D eigenvalue weighted by Gasteiger charge is 2.24. The Kier molecular flexibility index (Phi) is 4.36. The lowest BCUT2D eigenvalue weighted by atomic mass is 10.1. The quantitative estimate of drug-likeness (QED) is 0.694. The number of carbonyl (C=O) groups excluding carboxylic acids is 2. The number of nitrogens with two attached hydrogens (primary N) is 1. The molecular weight excluding hydrogens is 230 g/mol. The molecule has 1 heterocycles. The zero-order valence-corrected chi connectivity index (χ0v) is 10.6. The van der Waals surface area contributed by atoms with Crippen LogP contribution in [0.5, 0.6) is 0 Å². The maximum absolute atomic E-state index is 11.9. The van der Waals surface area contributed by atoms with Crippen LogP contribution in [0, 0.1) is 5.92 Å². The van der Waals surface area contributed by atoms with E-state index in [0.29, 0.717) is 6.42 Å². The Morgan fingerprint density at radius 2 is 1.94 bits per heavy atom. The van der Waals surface area contributed by atoms with E-state index in [1.54, 1.807) is 0 Å². The number of piperidine rings is 1. The van der Waals surface area contributed by atoms with Gasteiger partial charge < -0.3 is 16.0 Å². The van der Waals surface area contributed by atoms with E-state index in [-0.39, 0.29) is 30.3 Å². The van der Waals surface area contributed by atoms with Crippen molar-refractivity contribution in [3.63, 3.8) is 0 Å². The number of hydrogen-bond acceptors (Lipinski definition) is 3. The smallest absolute Gasteiger partial charge is 0.241 e. The van der Waals surface area contributed by atoms with Gasteiger partial charge in [0.25, 0.3) is 0 Å². The molecule has 2 aliphatic rings. The third-order valence-electron chi connectivity index (χ3n) is 3.58. The summed E-state index contributed by atoms with van der Waals surface area (Å²) in [5.74, 6) is -0.243. The lowest BCUT2D eigenvalue weighted by molar-refractivity contribution is -0.134. The topological polar surface area (TPSA) is 75.4 Å². The minimum Gasteiger partial charge on any atom is -0.347 e. The number of carbonyl (C=O) groups is 2. The van der Waals surface area contributed by atoms with Gasteiger partial charge in [0.1, 0.15) is 0 Å². The van der Waals surface area contributed by atoms with E-state index in [0.717, 1.165) is 25.9 Å². The Labute approximate surface area is 107 Å². The van der Waals surface area contributed by atoms with Gasteiger partial charge in [-0.15, -0.1) is 0 Å². The van der Waals surface area contributed by atoms with Gasteiger partial charge in [0, 0.05) is 19.1 Å². The van der Waals surface area contributed by atoms with Gasteiger partial charge in [-0.05, 0) is 25.7 Å². The highest BCUT2D eigenvalue weighted by Crippen LogP contribution is 2.16. The van der Waals surface area contributed by atoms with E-state index < -0.39 is 0 Å². The zero-order chi connectivity index (χ0) is 13.0. The van der Waals surface area contributed by atoms with Gasteiger partial charge in [0.15, 0.2) is 0 Å². The SMILES string of the molecule is NC1C=CC(C(=O)NCC(=O)N2CCCCC2)C1. The van der Waals surface area contributed by atoms with Crippen molar-refractivity contribution >= 4 is 11.8 Å². The van der Waals surface area contributed by atoms with Crippen molar-refractivity contribution in [1.29, 1.82) is 0 Å². The van der Waals surface area contributed by atoms with Crippen LogP contribution in [0.2, 0.25) is 0 Å². The second-order valence-corrected chi connectivity index (χ2v) is 5.05. The van der Waals surface area contributed by atoms with Gasteiger partial charge in [-0.1, -0.05) is 12.2 Å². The van der Waals surface area contributed by atoms with Crippen molar-refractivity contribution in [2.75, 3.05) is 19.6 Å². The Morgan fingerprint density at radius 3 is 2.56 bits per heavy atom. The zero-order valence-electron chi connectivity index (χ0n) is 10.6. The van der Waals surface area contributed by atoms with Gasteiger partial charge in [0.2, 0.25) is 11.8 Å². The van der Waals surface area contributed by atoms with Crippen molar-refractivity contribution < 1.29 is 9.59 Å². The first-order valence-corrected chi connectivity index (χ1v) is 6.66. The maximum atomic E-state index is 11.9. The summed E-state index contributed by atoms with van der Waals surface area (Å²) >= 11 is 0. The second kappa shape index (κ2) is 6.00. The van der Waals surface area contributed by atoms with Crippen LogP contribution in [-0.4, -0.2) is 42.4 Å². The molecule has 0 spiro atoms. The average Bonchev–Trinajstić information content (AvgIpc) is 2.83. The predicted molar refractivity (Wildman–Crippen MR) is 68.7 cm³/mol.